The number of hydrogen-bond acceptors (Lipinski definition) is 3. The van der Waals surface area contributed by atoms with Gasteiger partial charge in [0.05, 0.1) is 6.61 Å². The SMILES string of the molecule is CC(C)(C)NCCCN(CCO)C1CC1. The minimum atomic E-state index is 0.224. The fourth-order valence-corrected chi connectivity index (χ4v) is 1.79. The summed E-state index contributed by atoms with van der Waals surface area (Å²) in [6, 6.07) is 0.770. The second-order valence-electron chi connectivity index (χ2n) is 5.52. The average Bonchev–Trinajstić information content (AvgIpc) is 2.91. The van der Waals surface area contributed by atoms with E-state index in [0.717, 1.165) is 25.7 Å². The third kappa shape index (κ3) is 6.13. The van der Waals surface area contributed by atoms with Crippen LogP contribution in [-0.2, 0) is 0 Å². The molecule has 90 valence electrons. The van der Waals surface area contributed by atoms with E-state index < -0.39 is 0 Å². The molecule has 0 aromatic rings. The molecule has 2 N–H and O–H groups in total. The maximum atomic E-state index is 8.94. The van der Waals surface area contributed by atoms with Crippen LogP contribution in [0.3, 0.4) is 0 Å². The van der Waals surface area contributed by atoms with Crippen LogP contribution in [0.15, 0.2) is 0 Å². The van der Waals surface area contributed by atoms with Gasteiger partial charge in [0, 0.05) is 18.1 Å². The van der Waals surface area contributed by atoms with E-state index in [1.807, 2.05) is 0 Å². The molecule has 0 atom stereocenters. The van der Waals surface area contributed by atoms with Gasteiger partial charge in [0.2, 0.25) is 0 Å². The lowest BCUT2D eigenvalue weighted by Crippen LogP contribution is -2.38. The Bertz CT molecular complexity index is 173. The van der Waals surface area contributed by atoms with Crippen LogP contribution >= 0.6 is 0 Å². The standard InChI is InChI=1S/C12H26N2O/c1-12(2,3)13-7-4-8-14(9-10-15)11-5-6-11/h11,13,15H,4-10H2,1-3H3. The van der Waals surface area contributed by atoms with Crippen LogP contribution in [0.2, 0.25) is 0 Å². The van der Waals surface area contributed by atoms with Gasteiger partial charge in [-0.25, -0.2) is 0 Å². The minimum Gasteiger partial charge on any atom is -0.395 e. The van der Waals surface area contributed by atoms with Crippen LogP contribution < -0.4 is 5.32 Å². The summed E-state index contributed by atoms with van der Waals surface area (Å²) in [6.07, 6.45) is 3.83. The Morgan fingerprint density at radius 2 is 1.93 bits per heavy atom. The number of nitrogens with one attached hydrogen (secondary N) is 1. The maximum Gasteiger partial charge on any atom is 0.0558 e. The van der Waals surface area contributed by atoms with E-state index in [2.05, 4.69) is 31.0 Å². The molecule has 0 bridgehead atoms. The van der Waals surface area contributed by atoms with Crippen LogP contribution in [0, 0.1) is 0 Å². The minimum absolute atomic E-state index is 0.224. The quantitative estimate of drug-likeness (QED) is 0.626. The van der Waals surface area contributed by atoms with E-state index in [9.17, 15) is 0 Å². The highest BCUT2D eigenvalue weighted by Crippen LogP contribution is 2.26. The zero-order valence-electron chi connectivity index (χ0n) is 10.4. The molecule has 0 saturated heterocycles. The molecular weight excluding hydrogens is 188 g/mol. The Kier molecular flexibility index (Phi) is 5.03. The monoisotopic (exact) mass is 214 g/mol. The molecule has 15 heavy (non-hydrogen) atoms. The fourth-order valence-electron chi connectivity index (χ4n) is 1.79. The average molecular weight is 214 g/mol. The van der Waals surface area contributed by atoms with E-state index in [1.165, 1.54) is 19.3 Å². The lowest BCUT2D eigenvalue weighted by Gasteiger charge is -2.23. The van der Waals surface area contributed by atoms with Crippen molar-refractivity contribution < 1.29 is 5.11 Å². The molecule has 0 unspecified atom stereocenters. The van der Waals surface area contributed by atoms with Crippen LogP contribution in [0.5, 0.6) is 0 Å². The maximum absolute atomic E-state index is 8.94. The number of aliphatic hydroxyl groups excluding tert-OH is 1. The van der Waals surface area contributed by atoms with Crippen molar-refractivity contribution in [2.45, 2.75) is 51.6 Å². The predicted octanol–water partition coefficient (Wildman–Crippen LogP) is 1.22. The van der Waals surface area contributed by atoms with E-state index in [0.29, 0.717) is 6.61 Å². The van der Waals surface area contributed by atoms with Crippen molar-refractivity contribution in [3.63, 3.8) is 0 Å². The Morgan fingerprint density at radius 3 is 2.40 bits per heavy atom. The molecule has 0 spiro atoms. The topological polar surface area (TPSA) is 35.5 Å². The first kappa shape index (κ1) is 12.9. The molecule has 1 fully saturated rings. The molecule has 0 aliphatic heterocycles. The number of rotatable bonds is 7. The van der Waals surface area contributed by atoms with Gasteiger partial charge in [-0.15, -0.1) is 0 Å². The molecule has 0 amide bonds. The summed E-state index contributed by atoms with van der Waals surface area (Å²) in [7, 11) is 0. The largest absolute Gasteiger partial charge is 0.395 e. The molecule has 1 saturated carbocycles. The van der Waals surface area contributed by atoms with E-state index in [-0.39, 0.29) is 5.54 Å². The van der Waals surface area contributed by atoms with Crippen molar-refractivity contribution in [1.29, 1.82) is 0 Å². The molecule has 1 aliphatic carbocycles. The molecule has 3 heteroatoms. The highest BCUT2D eigenvalue weighted by Gasteiger charge is 2.27. The van der Waals surface area contributed by atoms with Gasteiger partial charge in [-0.1, -0.05) is 0 Å². The van der Waals surface area contributed by atoms with Crippen molar-refractivity contribution in [2.24, 2.45) is 0 Å². The van der Waals surface area contributed by atoms with Crippen molar-refractivity contribution in [3.8, 4) is 0 Å². The van der Waals surface area contributed by atoms with E-state index in [1.54, 1.807) is 0 Å². The fraction of sp³-hybridized carbons (Fsp3) is 1.00. The second kappa shape index (κ2) is 5.83. The summed E-state index contributed by atoms with van der Waals surface area (Å²) in [5, 5.41) is 12.4. The highest BCUT2D eigenvalue weighted by atomic mass is 16.3. The Morgan fingerprint density at radius 1 is 1.27 bits per heavy atom. The molecule has 1 rings (SSSR count). The summed E-state index contributed by atoms with van der Waals surface area (Å²) in [5.74, 6) is 0. The number of aliphatic hydroxyl groups is 1. The Balaban J connectivity index is 2.06. The second-order valence-corrected chi connectivity index (χ2v) is 5.52. The summed E-state index contributed by atoms with van der Waals surface area (Å²) >= 11 is 0. The third-order valence-electron chi connectivity index (χ3n) is 2.73. The van der Waals surface area contributed by atoms with E-state index in [4.69, 9.17) is 5.11 Å². The molecular formula is C12H26N2O. The van der Waals surface area contributed by atoms with Gasteiger partial charge < -0.3 is 10.4 Å². The van der Waals surface area contributed by atoms with Gasteiger partial charge in [0.25, 0.3) is 0 Å². The zero-order valence-corrected chi connectivity index (χ0v) is 10.4. The molecule has 0 aromatic heterocycles. The zero-order chi connectivity index (χ0) is 11.3. The summed E-state index contributed by atoms with van der Waals surface area (Å²) in [6.45, 7) is 9.91. The van der Waals surface area contributed by atoms with Crippen LogP contribution in [0.1, 0.15) is 40.0 Å². The van der Waals surface area contributed by atoms with Crippen LogP contribution in [0.25, 0.3) is 0 Å². The normalized spacial score (nSPS) is 17.4. The smallest absolute Gasteiger partial charge is 0.0558 e. The number of hydrogen-bond donors (Lipinski definition) is 2. The highest BCUT2D eigenvalue weighted by molar-refractivity contribution is 4.84. The van der Waals surface area contributed by atoms with Crippen LogP contribution in [-0.4, -0.2) is 47.8 Å². The molecule has 0 radical (unpaired) electrons. The van der Waals surface area contributed by atoms with Gasteiger partial charge in [-0.05, 0) is 53.1 Å². The van der Waals surface area contributed by atoms with Gasteiger partial charge in [-0.2, -0.15) is 0 Å². The van der Waals surface area contributed by atoms with Crippen molar-refractivity contribution in [3.05, 3.63) is 0 Å². The first-order valence-corrected chi connectivity index (χ1v) is 6.13. The lowest BCUT2D eigenvalue weighted by atomic mass is 10.1. The van der Waals surface area contributed by atoms with Crippen molar-refractivity contribution in [1.82, 2.24) is 10.2 Å². The third-order valence-corrected chi connectivity index (χ3v) is 2.73. The Labute approximate surface area is 93.9 Å². The van der Waals surface area contributed by atoms with Gasteiger partial charge >= 0.3 is 0 Å². The Hall–Kier alpha value is -0.120. The first-order chi connectivity index (χ1) is 7.03. The molecule has 1 aliphatic rings. The first-order valence-electron chi connectivity index (χ1n) is 6.13. The summed E-state index contributed by atoms with van der Waals surface area (Å²) in [5.41, 5.74) is 0.224. The van der Waals surface area contributed by atoms with Gasteiger partial charge in [-0.3, -0.25) is 4.90 Å². The van der Waals surface area contributed by atoms with Gasteiger partial charge in [0.1, 0.15) is 0 Å². The van der Waals surface area contributed by atoms with Crippen molar-refractivity contribution >= 4 is 0 Å². The molecule has 0 heterocycles. The molecule has 0 aromatic carbocycles. The molecule has 3 nitrogen and oxygen atoms in total. The lowest BCUT2D eigenvalue weighted by molar-refractivity contribution is 0.186. The number of nitrogens with zero attached hydrogens (tertiary/aromatic N) is 1. The van der Waals surface area contributed by atoms with Crippen molar-refractivity contribution in [2.75, 3.05) is 26.2 Å². The van der Waals surface area contributed by atoms with E-state index >= 15 is 0 Å². The summed E-state index contributed by atoms with van der Waals surface area (Å²) in [4.78, 5) is 2.42. The summed E-state index contributed by atoms with van der Waals surface area (Å²) < 4.78 is 0. The predicted molar refractivity (Wildman–Crippen MR) is 64.1 cm³/mol. The van der Waals surface area contributed by atoms with Gasteiger partial charge in [0.15, 0.2) is 0 Å². The van der Waals surface area contributed by atoms with Crippen LogP contribution in [0.4, 0.5) is 0 Å².